The summed E-state index contributed by atoms with van der Waals surface area (Å²) in [6.07, 6.45) is 2.17. The maximum Gasteiger partial charge on any atom is 0.183 e. The molecule has 0 aromatic heterocycles. The zero-order valence-corrected chi connectivity index (χ0v) is 9.98. The topological polar surface area (TPSA) is 21.3 Å². The predicted octanol–water partition coefficient (Wildman–Crippen LogP) is 2.95. The number of hydrogen-bond acceptors (Lipinski definition) is 2. The van der Waals surface area contributed by atoms with Gasteiger partial charge >= 0.3 is 0 Å². The molecule has 1 aliphatic heterocycles. The van der Waals surface area contributed by atoms with Crippen LogP contribution in [0.2, 0.25) is 5.02 Å². The molecule has 1 unspecified atom stereocenters. The van der Waals surface area contributed by atoms with E-state index >= 15 is 0 Å². The fourth-order valence-electron chi connectivity index (χ4n) is 2.19. The summed E-state index contributed by atoms with van der Waals surface area (Å²) in [6, 6.07) is 3.46. The highest BCUT2D eigenvalue weighted by atomic mass is 35.5. The molecule has 16 heavy (non-hydrogen) atoms. The van der Waals surface area contributed by atoms with Crippen molar-refractivity contribution in [3.8, 4) is 5.75 Å². The van der Waals surface area contributed by atoms with Gasteiger partial charge in [-0.25, -0.2) is 4.39 Å². The Bertz CT molecular complexity index is 378. The van der Waals surface area contributed by atoms with Gasteiger partial charge in [-0.05, 0) is 25.5 Å². The molecule has 0 radical (unpaired) electrons. The van der Waals surface area contributed by atoms with E-state index in [2.05, 4.69) is 5.32 Å². The molecule has 1 heterocycles. The SMILES string of the molecule is COc1c(C2CCCNC2)ccc(Cl)c1F. The van der Waals surface area contributed by atoms with Crippen molar-refractivity contribution in [1.29, 1.82) is 0 Å². The lowest BCUT2D eigenvalue weighted by Crippen LogP contribution is -2.28. The summed E-state index contributed by atoms with van der Waals surface area (Å²) in [5, 5.41) is 3.42. The van der Waals surface area contributed by atoms with Crippen molar-refractivity contribution in [2.75, 3.05) is 20.2 Å². The standard InChI is InChI=1S/C12H15ClFNO/c1-16-12-9(4-5-10(13)11(12)14)8-3-2-6-15-7-8/h4-5,8,15H,2-3,6-7H2,1H3. The number of piperidine rings is 1. The molecule has 0 aliphatic carbocycles. The molecule has 4 heteroatoms. The number of methoxy groups -OCH3 is 1. The van der Waals surface area contributed by atoms with E-state index in [4.69, 9.17) is 16.3 Å². The minimum Gasteiger partial charge on any atom is -0.493 e. The van der Waals surface area contributed by atoms with Gasteiger partial charge in [0.05, 0.1) is 12.1 Å². The van der Waals surface area contributed by atoms with Crippen molar-refractivity contribution < 1.29 is 9.13 Å². The van der Waals surface area contributed by atoms with E-state index in [1.165, 1.54) is 7.11 Å². The van der Waals surface area contributed by atoms with Crippen LogP contribution >= 0.6 is 11.6 Å². The van der Waals surface area contributed by atoms with Crippen LogP contribution < -0.4 is 10.1 Å². The second kappa shape index (κ2) is 5.02. The normalized spacial score (nSPS) is 20.8. The molecule has 1 aromatic rings. The molecular weight excluding hydrogens is 229 g/mol. The Hall–Kier alpha value is -0.800. The third kappa shape index (κ3) is 2.15. The first-order valence-corrected chi connectivity index (χ1v) is 5.84. The number of nitrogens with one attached hydrogen (secondary N) is 1. The van der Waals surface area contributed by atoms with E-state index in [-0.39, 0.29) is 5.02 Å². The highest BCUT2D eigenvalue weighted by Crippen LogP contribution is 2.35. The summed E-state index contributed by atoms with van der Waals surface area (Å²) >= 11 is 5.73. The lowest BCUT2D eigenvalue weighted by molar-refractivity contribution is 0.368. The van der Waals surface area contributed by atoms with Crippen LogP contribution in [0.4, 0.5) is 4.39 Å². The Labute approximate surface area is 99.7 Å². The van der Waals surface area contributed by atoms with Crippen LogP contribution in [-0.2, 0) is 0 Å². The molecule has 1 aliphatic rings. The first-order valence-electron chi connectivity index (χ1n) is 5.46. The zero-order valence-electron chi connectivity index (χ0n) is 9.22. The van der Waals surface area contributed by atoms with Crippen molar-refractivity contribution in [1.82, 2.24) is 5.32 Å². The summed E-state index contributed by atoms with van der Waals surface area (Å²) in [5.74, 6) is 0.156. The molecule has 1 fully saturated rings. The number of ether oxygens (including phenoxy) is 1. The average molecular weight is 244 g/mol. The molecule has 1 N–H and O–H groups in total. The van der Waals surface area contributed by atoms with Crippen LogP contribution in [0.3, 0.4) is 0 Å². The van der Waals surface area contributed by atoms with E-state index in [1.807, 2.05) is 6.07 Å². The van der Waals surface area contributed by atoms with Gasteiger partial charge in [-0.3, -0.25) is 0 Å². The predicted molar refractivity (Wildman–Crippen MR) is 62.8 cm³/mol. The lowest BCUT2D eigenvalue weighted by Gasteiger charge is -2.25. The minimum absolute atomic E-state index is 0.115. The Morgan fingerprint density at radius 1 is 1.50 bits per heavy atom. The third-order valence-electron chi connectivity index (χ3n) is 3.02. The summed E-state index contributed by atoms with van der Waals surface area (Å²) in [4.78, 5) is 0. The van der Waals surface area contributed by atoms with E-state index in [9.17, 15) is 4.39 Å². The highest BCUT2D eigenvalue weighted by Gasteiger charge is 2.22. The average Bonchev–Trinajstić information content (AvgIpc) is 2.33. The molecule has 88 valence electrons. The zero-order chi connectivity index (χ0) is 11.5. The molecule has 0 bridgehead atoms. The fraction of sp³-hybridized carbons (Fsp3) is 0.500. The lowest BCUT2D eigenvalue weighted by atomic mass is 9.91. The van der Waals surface area contributed by atoms with Gasteiger partial charge in [0.1, 0.15) is 0 Å². The Morgan fingerprint density at radius 3 is 2.94 bits per heavy atom. The van der Waals surface area contributed by atoms with Crippen LogP contribution in [0.15, 0.2) is 12.1 Å². The van der Waals surface area contributed by atoms with Crippen LogP contribution in [0, 0.1) is 5.82 Å². The van der Waals surface area contributed by atoms with Gasteiger partial charge in [0, 0.05) is 18.0 Å². The van der Waals surface area contributed by atoms with E-state index in [0.717, 1.165) is 31.5 Å². The minimum atomic E-state index is -0.452. The molecule has 2 rings (SSSR count). The quantitative estimate of drug-likeness (QED) is 0.862. The van der Waals surface area contributed by atoms with Gasteiger partial charge < -0.3 is 10.1 Å². The molecule has 0 spiro atoms. The summed E-state index contributed by atoms with van der Waals surface area (Å²) in [6.45, 7) is 1.91. The van der Waals surface area contributed by atoms with Crippen molar-refractivity contribution in [3.05, 3.63) is 28.5 Å². The summed E-state index contributed by atoms with van der Waals surface area (Å²) in [5.41, 5.74) is 0.914. The summed E-state index contributed by atoms with van der Waals surface area (Å²) < 4.78 is 18.9. The van der Waals surface area contributed by atoms with E-state index < -0.39 is 5.82 Å². The molecule has 1 atom stereocenters. The maximum atomic E-state index is 13.7. The first kappa shape index (κ1) is 11.7. The molecule has 2 nitrogen and oxygen atoms in total. The van der Waals surface area contributed by atoms with Crippen molar-refractivity contribution in [2.45, 2.75) is 18.8 Å². The summed E-state index contributed by atoms with van der Waals surface area (Å²) in [7, 11) is 1.48. The smallest absolute Gasteiger partial charge is 0.183 e. The van der Waals surface area contributed by atoms with Gasteiger partial charge in [-0.15, -0.1) is 0 Å². The number of rotatable bonds is 2. The molecule has 1 aromatic carbocycles. The van der Waals surface area contributed by atoms with Crippen LogP contribution in [-0.4, -0.2) is 20.2 Å². The van der Waals surface area contributed by atoms with Crippen LogP contribution in [0.25, 0.3) is 0 Å². The van der Waals surface area contributed by atoms with Gasteiger partial charge in [0.2, 0.25) is 0 Å². The Kier molecular flexibility index (Phi) is 3.66. The number of benzene rings is 1. The Balaban J connectivity index is 2.35. The highest BCUT2D eigenvalue weighted by molar-refractivity contribution is 6.30. The van der Waals surface area contributed by atoms with Gasteiger partial charge in [-0.2, -0.15) is 0 Å². The largest absolute Gasteiger partial charge is 0.493 e. The maximum absolute atomic E-state index is 13.7. The first-order chi connectivity index (χ1) is 7.74. The third-order valence-corrected chi connectivity index (χ3v) is 3.31. The monoisotopic (exact) mass is 243 g/mol. The molecular formula is C12H15ClFNO. The Morgan fingerprint density at radius 2 is 2.31 bits per heavy atom. The number of hydrogen-bond donors (Lipinski definition) is 1. The second-order valence-electron chi connectivity index (χ2n) is 4.03. The van der Waals surface area contributed by atoms with Crippen LogP contribution in [0.1, 0.15) is 24.3 Å². The van der Waals surface area contributed by atoms with E-state index in [1.54, 1.807) is 6.07 Å². The number of halogens is 2. The van der Waals surface area contributed by atoms with Gasteiger partial charge in [0.15, 0.2) is 11.6 Å². The van der Waals surface area contributed by atoms with Crippen molar-refractivity contribution in [3.63, 3.8) is 0 Å². The molecule has 1 saturated heterocycles. The van der Waals surface area contributed by atoms with Gasteiger partial charge in [-0.1, -0.05) is 17.7 Å². The van der Waals surface area contributed by atoms with Crippen molar-refractivity contribution in [2.24, 2.45) is 0 Å². The molecule has 0 saturated carbocycles. The second-order valence-corrected chi connectivity index (χ2v) is 4.43. The van der Waals surface area contributed by atoms with Crippen LogP contribution in [0.5, 0.6) is 5.75 Å². The molecule has 0 amide bonds. The van der Waals surface area contributed by atoms with Crippen molar-refractivity contribution >= 4 is 11.6 Å². The van der Waals surface area contributed by atoms with Gasteiger partial charge in [0.25, 0.3) is 0 Å². The van der Waals surface area contributed by atoms with E-state index in [0.29, 0.717) is 11.7 Å². The fourth-order valence-corrected chi connectivity index (χ4v) is 2.34.